The van der Waals surface area contributed by atoms with E-state index in [0.29, 0.717) is 11.3 Å². The minimum Gasteiger partial charge on any atom is -0.341 e. The molecular formula is C14H18ClNOS. The lowest BCUT2D eigenvalue weighted by Crippen LogP contribution is -2.37. The van der Waals surface area contributed by atoms with Crippen LogP contribution in [0.25, 0.3) is 0 Å². The van der Waals surface area contributed by atoms with Crippen LogP contribution in [0.2, 0.25) is 0 Å². The van der Waals surface area contributed by atoms with Gasteiger partial charge in [0.05, 0.1) is 0 Å². The molecule has 0 atom stereocenters. The Kier molecular flexibility index (Phi) is 4.57. The van der Waals surface area contributed by atoms with E-state index in [1.54, 1.807) is 11.8 Å². The summed E-state index contributed by atoms with van der Waals surface area (Å²) in [5.41, 5.74) is 0.761. The lowest BCUT2D eigenvalue weighted by Gasteiger charge is -2.34. The number of hydrogen-bond donors (Lipinski definition) is 0. The number of amides is 1. The zero-order chi connectivity index (χ0) is 13.1. The molecular weight excluding hydrogens is 266 g/mol. The summed E-state index contributed by atoms with van der Waals surface area (Å²) in [6.45, 7) is 0.812. The maximum Gasteiger partial charge on any atom is 0.253 e. The van der Waals surface area contributed by atoms with Crippen LogP contribution in [0.5, 0.6) is 0 Å². The second kappa shape index (κ2) is 5.98. The maximum atomic E-state index is 12.2. The first-order valence-electron chi connectivity index (χ1n) is 6.13. The van der Waals surface area contributed by atoms with Gasteiger partial charge in [-0.1, -0.05) is 0 Å². The SMILES string of the molecule is CSc1ccc(C(=O)N(C)CC2CC(Cl)C2)cc1. The molecule has 0 radical (unpaired) electrons. The van der Waals surface area contributed by atoms with Gasteiger partial charge in [0.2, 0.25) is 0 Å². The molecule has 1 aliphatic rings. The Morgan fingerprint density at radius 2 is 2.00 bits per heavy atom. The molecule has 18 heavy (non-hydrogen) atoms. The highest BCUT2D eigenvalue weighted by molar-refractivity contribution is 7.98. The van der Waals surface area contributed by atoms with Crippen LogP contribution in [-0.4, -0.2) is 36.0 Å². The highest BCUT2D eigenvalue weighted by Crippen LogP contribution is 2.32. The second-order valence-electron chi connectivity index (χ2n) is 4.85. The number of carbonyl (C=O) groups is 1. The van der Waals surface area contributed by atoms with Gasteiger partial charge >= 0.3 is 0 Å². The van der Waals surface area contributed by atoms with E-state index in [9.17, 15) is 4.79 Å². The fourth-order valence-corrected chi connectivity index (χ4v) is 3.14. The van der Waals surface area contributed by atoms with E-state index in [1.807, 2.05) is 42.5 Å². The van der Waals surface area contributed by atoms with Crippen molar-refractivity contribution in [3.8, 4) is 0 Å². The molecule has 0 bridgehead atoms. The van der Waals surface area contributed by atoms with Crippen LogP contribution in [0, 0.1) is 5.92 Å². The van der Waals surface area contributed by atoms with Gasteiger partial charge in [0.1, 0.15) is 0 Å². The summed E-state index contributed by atoms with van der Waals surface area (Å²) in [7, 11) is 1.87. The Labute approximate surface area is 118 Å². The van der Waals surface area contributed by atoms with Crippen molar-refractivity contribution < 1.29 is 4.79 Å². The molecule has 2 rings (SSSR count). The molecule has 1 amide bonds. The highest BCUT2D eigenvalue weighted by atomic mass is 35.5. The number of rotatable bonds is 4. The Bertz CT molecular complexity index is 414. The van der Waals surface area contributed by atoms with E-state index < -0.39 is 0 Å². The number of alkyl halides is 1. The highest BCUT2D eigenvalue weighted by Gasteiger charge is 2.29. The zero-order valence-electron chi connectivity index (χ0n) is 10.7. The Hall–Kier alpha value is -0.670. The molecule has 0 unspecified atom stereocenters. The molecule has 0 spiro atoms. The molecule has 4 heteroatoms. The monoisotopic (exact) mass is 283 g/mol. The normalized spacial score (nSPS) is 22.4. The van der Waals surface area contributed by atoms with E-state index in [4.69, 9.17) is 11.6 Å². The van der Waals surface area contributed by atoms with Crippen molar-refractivity contribution in [2.75, 3.05) is 19.8 Å². The Balaban J connectivity index is 1.92. The number of halogens is 1. The topological polar surface area (TPSA) is 20.3 Å². The van der Waals surface area contributed by atoms with Crippen LogP contribution in [0.4, 0.5) is 0 Å². The molecule has 1 aromatic carbocycles. The van der Waals surface area contributed by atoms with Crippen molar-refractivity contribution in [2.24, 2.45) is 5.92 Å². The second-order valence-corrected chi connectivity index (χ2v) is 6.35. The van der Waals surface area contributed by atoms with Gasteiger partial charge in [0, 0.05) is 29.4 Å². The van der Waals surface area contributed by atoms with Gasteiger partial charge < -0.3 is 4.90 Å². The van der Waals surface area contributed by atoms with Gasteiger partial charge in [-0.25, -0.2) is 0 Å². The van der Waals surface area contributed by atoms with E-state index in [-0.39, 0.29) is 5.91 Å². The predicted molar refractivity (Wildman–Crippen MR) is 77.5 cm³/mol. The van der Waals surface area contributed by atoms with Gasteiger partial charge in [0.15, 0.2) is 0 Å². The van der Waals surface area contributed by atoms with Crippen LogP contribution in [0.1, 0.15) is 23.2 Å². The van der Waals surface area contributed by atoms with E-state index in [1.165, 1.54) is 4.90 Å². The number of hydrogen-bond acceptors (Lipinski definition) is 2. The van der Waals surface area contributed by atoms with Crippen molar-refractivity contribution in [2.45, 2.75) is 23.1 Å². The Morgan fingerprint density at radius 1 is 1.39 bits per heavy atom. The standard InChI is InChI=1S/C14H18ClNOS/c1-16(9-10-7-12(15)8-10)14(17)11-3-5-13(18-2)6-4-11/h3-6,10,12H,7-9H2,1-2H3. The van der Waals surface area contributed by atoms with Crippen molar-refractivity contribution in [1.82, 2.24) is 4.90 Å². The van der Waals surface area contributed by atoms with Crippen LogP contribution < -0.4 is 0 Å². The quantitative estimate of drug-likeness (QED) is 0.623. The van der Waals surface area contributed by atoms with Gasteiger partial charge in [0.25, 0.3) is 5.91 Å². The first-order valence-corrected chi connectivity index (χ1v) is 7.80. The molecule has 0 aromatic heterocycles. The van der Waals surface area contributed by atoms with Crippen molar-refractivity contribution in [3.63, 3.8) is 0 Å². The smallest absolute Gasteiger partial charge is 0.253 e. The number of carbonyl (C=O) groups excluding carboxylic acids is 1. The van der Waals surface area contributed by atoms with Crippen LogP contribution in [0.15, 0.2) is 29.2 Å². The zero-order valence-corrected chi connectivity index (χ0v) is 12.3. The van der Waals surface area contributed by atoms with Gasteiger partial charge in [-0.2, -0.15) is 0 Å². The molecule has 0 heterocycles. The Morgan fingerprint density at radius 3 is 2.50 bits per heavy atom. The summed E-state index contributed by atoms with van der Waals surface area (Å²) in [4.78, 5) is 15.2. The van der Waals surface area contributed by atoms with Gasteiger partial charge in [-0.3, -0.25) is 4.79 Å². The van der Waals surface area contributed by atoms with Gasteiger partial charge in [-0.15, -0.1) is 23.4 Å². The number of benzene rings is 1. The van der Waals surface area contributed by atoms with Gasteiger partial charge in [-0.05, 0) is 49.3 Å². The fourth-order valence-electron chi connectivity index (χ4n) is 2.23. The molecule has 98 valence electrons. The third-order valence-electron chi connectivity index (χ3n) is 3.39. The summed E-state index contributed by atoms with van der Waals surface area (Å²) in [6.07, 6.45) is 4.09. The minimum atomic E-state index is 0.0978. The molecule has 0 N–H and O–H groups in total. The number of nitrogens with zero attached hydrogens (tertiary/aromatic N) is 1. The molecule has 1 fully saturated rings. The van der Waals surface area contributed by atoms with E-state index in [0.717, 1.165) is 24.9 Å². The minimum absolute atomic E-state index is 0.0978. The summed E-state index contributed by atoms with van der Waals surface area (Å²) in [5, 5.41) is 0.319. The summed E-state index contributed by atoms with van der Waals surface area (Å²) >= 11 is 7.63. The fraction of sp³-hybridized carbons (Fsp3) is 0.500. The van der Waals surface area contributed by atoms with E-state index in [2.05, 4.69) is 0 Å². The molecule has 1 aliphatic carbocycles. The van der Waals surface area contributed by atoms with Crippen molar-refractivity contribution in [3.05, 3.63) is 29.8 Å². The molecule has 0 aliphatic heterocycles. The third kappa shape index (κ3) is 3.21. The van der Waals surface area contributed by atoms with Crippen LogP contribution >= 0.6 is 23.4 Å². The predicted octanol–water partition coefficient (Wildman–Crippen LogP) is 3.50. The lowest BCUT2D eigenvalue weighted by molar-refractivity contribution is 0.0747. The summed E-state index contributed by atoms with van der Waals surface area (Å²) in [5.74, 6) is 0.674. The summed E-state index contributed by atoms with van der Waals surface area (Å²) in [6, 6.07) is 7.78. The first kappa shape index (κ1) is 13.8. The maximum absolute atomic E-state index is 12.2. The average molecular weight is 284 g/mol. The molecule has 1 saturated carbocycles. The first-order chi connectivity index (χ1) is 8.60. The largest absolute Gasteiger partial charge is 0.341 e. The lowest BCUT2D eigenvalue weighted by atomic mass is 9.84. The van der Waals surface area contributed by atoms with Crippen LogP contribution in [-0.2, 0) is 0 Å². The van der Waals surface area contributed by atoms with Crippen LogP contribution in [0.3, 0.4) is 0 Å². The molecule has 1 aromatic rings. The number of thioether (sulfide) groups is 1. The molecule has 2 nitrogen and oxygen atoms in total. The van der Waals surface area contributed by atoms with E-state index >= 15 is 0 Å². The van der Waals surface area contributed by atoms with Crippen molar-refractivity contribution in [1.29, 1.82) is 0 Å². The summed E-state index contributed by atoms with van der Waals surface area (Å²) < 4.78 is 0. The molecule has 0 saturated heterocycles. The third-order valence-corrected chi connectivity index (χ3v) is 4.49. The average Bonchev–Trinajstić information content (AvgIpc) is 2.36. The van der Waals surface area contributed by atoms with Crippen molar-refractivity contribution >= 4 is 29.3 Å².